The van der Waals surface area contributed by atoms with E-state index >= 15 is 0 Å². The van der Waals surface area contributed by atoms with Crippen LogP contribution in [0.1, 0.15) is 11.1 Å². The van der Waals surface area contributed by atoms with Gasteiger partial charge in [-0.15, -0.1) is 0 Å². The molecular weight excluding hydrogens is 272 g/mol. The molecule has 0 saturated heterocycles. The zero-order valence-electron chi connectivity index (χ0n) is 11.6. The lowest BCUT2D eigenvalue weighted by Crippen LogP contribution is -1.94. The highest BCUT2D eigenvalue weighted by molar-refractivity contribution is 5.82. The zero-order chi connectivity index (χ0) is 15.4. The number of aromatic nitrogens is 2. The molecule has 1 aromatic carbocycles. The molecule has 0 fully saturated rings. The second-order valence-electron chi connectivity index (χ2n) is 4.61. The van der Waals surface area contributed by atoms with Gasteiger partial charge < -0.3 is 0 Å². The highest BCUT2D eigenvalue weighted by Gasteiger charge is 2.15. The molecule has 4 nitrogen and oxygen atoms in total. The van der Waals surface area contributed by atoms with Crippen LogP contribution in [-0.4, -0.2) is 9.97 Å². The highest BCUT2D eigenvalue weighted by atomic mass is 14.6. The molecule has 102 valence electrons. The molecule has 22 heavy (non-hydrogen) atoms. The summed E-state index contributed by atoms with van der Waals surface area (Å²) in [5, 5.41) is 19.1. The summed E-state index contributed by atoms with van der Waals surface area (Å²) in [6, 6.07) is 15.4. The molecule has 0 aliphatic carbocycles. The number of pyridine rings is 2. The Labute approximate surface area is 127 Å². The van der Waals surface area contributed by atoms with Crippen LogP contribution in [-0.2, 0) is 0 Å². The van der Waals surface area contributed by atoms with Gasteiger partial charge in [0.25, 0.3) is 0 Å². The summed E-state index contributed by atoms with van der Waals surface area (Å²) >= 11 is 0. The maximum atomic E-state index is 9.53. The van der Waals surface area contributed by atoms with Crippen LogP contribution in [0.5, 0.6) is 0 Å². The second kappa shape index (κ2) is 5.87. The summed E-state index contributed by atoms with van der Waals surface area (Å²) in [6.45, 7) is 0. The first kappa shape index (κ1) is 13.5. The molecule has 3 rings (SSSR count). The maximum absolute atomic E-state index is 9.53. The summed E-state index contributed by atoms with van der Waals surface area (Å²) in [5.74, 6) is 0. The monoisotopic (exact) mass is 282 g/mol. The summed E-state index contributed by atoms with van der Waals surface area (Å²) in [5.41, 5.74) is 3.96. The van der Waals surface area contributed by atoms with Gasteiger partial charge in [-0.2, -0.15) is 10.5 Å². The van der Waals surface area contributed by atoms with Gasteiger partial charge in [-0.05, 0) is 35.4 Å². The molecule has 0 amide bonds. The first-order chi connectivity index (χ1) is 10.8. The van der Waals surface area contributed by atoms with E-state index in [9.17, 15) is 10.5 Å². The Morgan fingerprint density at radius 2 is 0.955 bits per heavy atom. The van der Waals surface area contributed by atoms with Gasteiger partial charge in [0.2, 0.25) is 0 Å². The van der Waals surface area contributed by atoms with Gasteiger partial charge in [0, 0.05) is 35.9 Å². The first-order valence-corrected chi connectivity index (χ1v) is 6.63. The summed E-state index contributed by atoms with van der Waals surface area (Å²) in [7, 11) is 0. The van der Waals surface area contributed by atoms with E-state index in [4.69, 9.17) is 0 Å². The molecule has 2 aromatic heterocycles. The van der Waals surface area contributed by atoms with Crippen molar-refractivity contribution in [3.05, 3.63) is 72.3 Å². The molecular formula is C18H10N4. The maximum Gasteiger partial charge on any atom is 0.101 e. The van der Waals surface area contributed by atoms with Gasteiger partial charge in [-0.1, -0.05) is 12.1 Å². The van der Waals surface area contributed by atoms with Crippen LogP contribution in [0.2, 0.25) is 0 Å². The Morgan fingerprint density at radius 1 is 0.591 bits per heavy atom. The normalized spacial score (nSPS) is 9.73. The topological polar surface area (TPSA) is 73.4 Å². The number of nitrogens with zero attached hydrogens (tertiary/aromatic N) is 4. The first-order valence-electron chi connectivity index (χ1n) is 6.63. The average molecular weight is 282 g/mol. The minimum atomic E-state index is 0.378. The standard InChI is InChI=1S/C18H10N4/c19-11-17-15(13-3-7-21-8-4-13)1-2-16(18(17)12-20)14-5-9-22-10-6-14/h1-10H. The minimum absolute atomic E-state index is 0.378. The van der Waals surface area contributed by atoms with Gasteiger partial charge in [-0.3, -0.25) is 9.97 Å². The number of rotatable bonds is 2. The van der Waals surface area contributed by atoms with Crippen molar-refractivity contribution in [3.63, 3.8) is 0 Å². The van der Waals surface area contributed by atoms with E-state index in [1.165, 1.54) is 0 Å². The molecule has 0 radical (unpaired) electrons. The van der Waals surface area contributed by atoms with Gasteiger partial charge >= 0.3 is 0 Å². The molecule has 0 aliphatic rings. The molecule has 0 saturated carbocycles. The molecule has 0 N–H and O–H groups in total. The molecule has 0 unspecified atom stereocenters. The van der Waals surface area contributed by atoms with Crippen molar-refractivity contribution in [2.24, 2.45) is 0 Å². The highest BCUT2D eigenvalue weighted by Crippen LogP contribution is 2.32. The molecule has 0 atom stereocenters. The van der Waals surface area contributed by atoms with Crippen LogP contribution >= 0.6 is 0 Å². The van der Waals surface area contributed by atoms with Crippen molar-refractivity contribution < 1.29 is 0 Å². The lowest BCUT2D eigenvalue weighted by Gasteiger charge is -2.10. The molecule has 4 heteroatoms. The molecule has 3 aromatic rings. The van der Waals surface area contributed by atoms with Crippen LogP contribution in [0.4, 0.5) is 0 Å². The van der Waals surface area contributed by atoms with Crippen molar-refractivity contribution >= 4 is 0 Å². The SMILES string of the molecule is N#Cc1c(-c2ccncc2)ccc(-c2ccncc2)c1C#N. The lowest BCUT2D eigenvalue weighted by atomic mass is 9.91. The number of nitriles is 2. The Kier molecular flexibility index (Phi) is 3.59. The van der Waals surface area contributed by atoms with E-state index < -0.39 is 0 Å². The third-order valence-electron chi connectivity index (χ3n) is 3.41. The van der Waals surface area contributed by atoms with Crippen LogP contribution in [0.15, 0.2) is 61.2 Å². The van der Waals surface area contributed by atoms with Crippen molar-refractivity contribution in [3.8, 4) is 34.4 Å². The van der Waals surface area contributed by atoms with E-state index in [0.717, 1.165) is 22.3 Å². The predicted molar refractivity (Wildman–Crippen MR) is 82.3 cm³/mol. The van der Waals surface area contributed by atoms with Crippen LogP contribution < -0.4 is 0 Å². The summed E-state index contributed by atoms with van der Waals surface area (Å²) in [6.07, 6.45) is 6.66. The minimum Gasteiger partial charge on any atom is -0.265 e. The van der Waals surface area contributed by atoms with E-state index in [1.807, 2.05) is 36.4 Å². The third kappa shape index (κ3) is 2.30. The molecule has 0 bridgehead atoms. The molecule has 2 heterocycles. The Morgan fingerprint density at radius 3 is 1.27 bits per heavy atom. The smallest absolute Gasteiger partial charge is 0.101 e. The van der Waals surface area contributed by atoms with Gasteiger partial charge in [0.05, 0.1) is 11.1 Å². The fourth-order valence-electron chi connectivity index (χ4n) is 2.38. The summed E-state index contributed by atoms with van der Waals surface area (Å²) in [4.78, 5) is 7.96. The van der Waals surface area contributed by atoms with E-state index in [2.05, 4.69) is 22.1 Å². The van der Waals surface area contributed by atoms with Crippen LogP contribution in [0.25, 0.3) is 22.3 Å². The third-order valence-corrected chi connectivity index (χ3v) is 3.41. The van der Waals surface area contributed by atoms with E-state index in [1.54, 1.807) is 24.8 Å². The van der Waals surface area contributed by atoms with E-state index in [0.29, 0.717) is 11.1 Å². The van der Waals surface area contributed by atoms with Crippen molar-refractivity contribution in [2.75, 3.05) is 0 Å². The van der Waals surface area contributed by atoms with Crippen molar-refractivity contribution in [1.82, 2.24) is 9.97 Å². The Bertz CT molecular complexity index is 812. The molecule has 0 aliphatic heterocycles. The van der Waals surface area contributed by atoms with E-state index in [-0.39, 0.29) is 0 Å². The predicted octanol–water partition coefficient (Wildman–Crippen LogP) is 3.55. The Hall–Kier alpha value is -3.50. The fraction of sp³-hybridized carbons (Fsp3) is 0. The largest absolute Gasteiger partial charge is 0.265 e. The number of hydrogen-bond acceptors (Lipinski definition) is 4. The molecule has 0 spiro atoms. The number of benzene rings is 1. The quantitative estimate of drug-likeness (QED) is 0.720. The van der Waals surface area contributed by atoms with Crippen molar-refractivity contribution in [2.45, 2.75) is 0 Å². The fourth-order valence-corrected chi connectivity index (χ4v) is 2.38. The van der Waals surface area contributed by atoms with Gasteiger partial charge in [-0.25, -0.2) is 0 Å². The van der Waals surface area contributed by atoms with Crippen molar-refractivity contribution in [1.29, 1.82) is 10.5 Å². The van der Waals surface area contributed by atoms with Crippen LogP contribution in [0, 0.1) is 22.7 Å². The zero-order valence-corrected chi connectivity index (χ0v) is 11.6. The Balaban J connectivity index is 2.27. The lowest BCUT2D eigenvalue weighted by molar-refractivity contribution is 1.32. The average Bonchev–Trinajstić information content (AvgIpc) is 2.61. The second-order valence-corrected chi connectivity index (χ2v) is 4.61. The number of hydrogen-bond donors (Lipinski definition) is 0. The van der Waals surface area contributed by atoms with Gasteiger partial charge in [0.15, 0.2) is 0 Å². The van der Waals surface area contributed by atoms with Crippen LogP contribution in [0.3, 0.4) is 0 Å². The van der Waals surface area contributed by atoms with Gasteiger partial charge in [0.1, 0.15) is 12.1 Å². The summed E-state index contributed by atoms with van der Waals surface area (Å²) < 4.78 is 0.